The van der Waals surface area contributed by atoms with Crippen LogP contribution in [0.15, 0.2) is 40.9 Å². The van der Waals surface area contributed by atoms with Gasteiger partial charge in [0.15, 0.2) is 0 Å². The first-order chi connectivity index (χ1) is 12.0. The van der Waals surface area contributed by atoms with Crippen molar-refractivity contribution in [2.24, 2.45) is 5.73 Å². The molecule has 6 heteroatoms. The molecule has 0 aliphatic rings. The van der Waals surface area contributed by atoms with Crippen molar-refractivity contribution in [3.63, 3.8) is 0 Å². The number of aromatic nitrogens is 2. The van der Waals surface area contributed by atoms with Gasteiger partial charge in [0, 0.05) is 18.3 Å². The average molecular weight is 338 g/mol. The summed E-state index contributed by atoms with van der Waals surface area (Å²) >= 11 is 0. The third kappa shape index (κ3) is 3.53. The maximum absolute atomic E-state index is 12.8. The number of carbonyl (C=O) groups is 1. The van der Waals surface area contributed by atoms with Crippen LogP contribution in [0.4, 0.5) is 0 Å². The lowest BCUT2D eigenvalue weighted by atomic mass is 10.0. The van der Waals surface area contributed by atoms with Crippen LogP contribution in [0, 0.1) is 6.92 Å². The first-order valence-corrected chi connectivity index (χ1v) is 8.33. The summed E-state index contributed by atoms with van der Waals surface area (Å²) in [4.78, 5) is 17.1. The first-order valence-electron chi connectivity index (χ1n) is 8.33. The molecule has 2 aromatic heterocycles. The number of carbonyl (C=O) groups excluding carboxylic acids is 1. The number of nitrogens with one attached hydrogen (secondary N) is 1. The van der Waals surface area contributed by atoms with Crippen LogP contribution in [0.3, 0.4) is 0 Å². The fourth-order valence-electron chi connectivity index (χ4n) is 2.79. The number of aryl methyl sites for hydroxylation is 1. The quantitative estimate of drug-likeness (QED) is 0.745. The van der Waals surface area contributed by atoms with Crippen molar-refractivity contribution in [3.05, 3.63) is 58.9 Å². The minimum absolute atomic E-state index is 0.129. The molecular formula is C19H22N4O2. The van der Waals surface area contributed by atoms with Gasteiger partial charge in [-0.05, 0) is 24.5 Å². The number of amides is 1. The predicted octanol–water partition coefficient (Wildman–Crippen LogP) is 3.08. The maximum Gasteiger partial charge on any atom is 0.259 e. The van der Waals surface area contributed by atoms with E-state index in [4.69, 9.17) is 10.3 Å². The monoisotopic (exact) mass is 338 g/mol. The number of benzene rings is 1. The number of rotatable bonds is 5. The zero-order valence-corrected chi connectivity index (χ0v) is 14.6. The Morgan fingerprint density at radius 2 is 2.00 bits per heavy atom. The van der Waals surface area contributed by atoms with Gasteiger partial charge in [-0.1, -0.05) is 49.3 Å². The zero-order valence-electron chi connectivity index (χ0n) is 14.6. The summed E-state index contributed by atoms with van der Waals surface area (Å²) < 4.78 is 5.31. The average Bonchev–Trinajstić information content (AvgIpc) is 3.03. The lowest BCUT2D eigenvalue weighted by molar-refractivity contribution is 0.0952. The fourth-order valence-corrected chi connectivity index (χ4v) is 2.79. The van der Waals surface area contributed by atoms with Gasteiger partial charge in [-0.2, -0.15) is 0 Å². The first kappa shape index (κ1) is 17.1. The van der Waals surface area contributed by atoms with Gasteiger partial charge in [-0.15, -0.1) is 0 Å². The molecular weight excluding hydrogens is 316 g/mol. The zero-order chi connectivity index (χ0) is 18.0. The maximum atomic E-state index is 12.8. The summed E-state index contributed by atoms with van der Waals surface area (Å²) in [5.41, 5.74) is 9.49. The standard InChI is InChI=1S/C19H22N4O2/c1-11(2)17-16-14(9-12(3)22-19(16)25-23-17)18(24)21-10-15(20)13-7-5-4-6-8-13/h4-9,11,15H,10,20H2,1-3H3,(H,21,24). The van der Waals surface area contributed by atoms with E-state index in [-0.39, 0.29) is 17.9 Å². The Hall–Kier alpha value is -2.73. The summed E-state index contributed by atoms with van der Waals surface area (Å²) in [5.74, 6) is -0.0733. The van der Waals surface area contributed by atoms with Gasteiger partial charge >= 0.3 is 0 Å². The van der Waals surface area contributed by atoms with E-state index in [2.05, 4.69) is 15.5 Å². The van der Waals surface area contributed by atoms with Crippen molar-refractivity contribution in [3.8, 4) is 0 Å². The highest BCUT2D eigenvalue weighted by Crippen LogP contribution is 2.27. The van der Waals surface area contributed by atoms with Gasteiger partial charge in [-0.25, -0.2) is 4.98 Å². The Labute approximate surface area is 146 Å². The molecule has 0 bridgehead atoms. The van der Waals surface area contributed by atoms with E-state index in [1.54, 1.807) is 6.07 Å². The molecule has 3 rings (SSSR count). The van der Waals surface area contributed by atoms with Crippen molar-refractivity contribution < 1.29 is 9.32 Å². The van der Waals surface area contributed by atoms with E-state index in [1.165, 1.54) is 0 Å². The lowest BCUT2D eigenvalue weighted by Crippen LogP contribution is -2.32. The summed E-state index contributed by atoms with van der Waals surface area (Å²) in [6, 6.07) is 11.2. The molecule has 1 atom stereocenters. The van der Waals surface area contributed by atoms with Crippen molar-refractivity contribution in [1.29, 1.82) is 0 Å². The van der Waals surface area contributed by atoms with Crippen molar-refractivity contribution >= 4 is 17.0 Å². The Bertz CT molecular complexity index is 887. The fraction of sp³-hybridized carbons (Fsp3) is 0.316. The van der Waals surface area contributed by atoms with Crippen molar-refractivity contribution in [2.75, 3.05) is 6.54 Å². The predicted molar refractivity (Wildman–Crippen MR) is 96.3 cm³/mol. The number of hydrogen-bond donors (Lipinski definition) is 2. The second-order valence-electron chi connectivity index (χ2n) is 6.44. The summed E-state index contributed by atoms with van der Waals surface area (Å²) in [6.45, 7) is 6.17. The van der Waals surface area contributed by atoms with Gasteiger partial charge in [0.2, 0.25) is 0 Å². The second-order valence-corrected chi connectivity index (χ2v) is 6.44. The molecule has 6 nitrogen and oxygen atoms in total. The number of hydrogen-bond acceptors (Lipinski definition) is 5. The van der Waals surface area contributed by atoms with E-state index < -0.39 is 0 Å². The molecule has 1 unspecified atom stereocenters. The van der Waals surface area contributed by atoms with E-state index >= 15 is 0 Å². The van der Waals surface area contributed by atoms with Crippen LogP contribution in [0.2, 0.25) is 0 Å². The molecule has 0 saturated heterocycles. The van der Waals surface area contributed by atoms with Gasteiger partial charge in [0.05, 0.1) is 16.6 Å². The van der Waals surface area contributed by atoms with Gasteiger partial charge in [0.25, 0.3) is 11.6 Å². The Kier molecular flexibility index (Phi) is 4.81. The summed E-state index contributed by atoms with van der Waals surface area (Å²) in [7, 11) is 0. The van der Waals surface area contributed by atoms with E-state index in [9.17, 15) is 4.79 Å². The number of nitrogens with two attached hydrogens (primary N) is 1. The normalized spacial score (nSPS) is 12.5. The molecule has 0 aliphatic carbocycles. The van der Waals surface area contributed by atoms with Crippen LogP contribution in [0.5, 0.6) is 0 Å². The van der Waals surface area contributed by atoms with Gasteiger partial charge in [-0.3, -0.25) is 4.79 Å². The molecule has 1 amide bonds. The minimum Gasteiger partial charge on any atom is -0.350 e. The van der Waals surface area contributed by atoms with E-state index in [0.29, 0.717) is 28.9 Å². The molecule has 0 saturated carbocycles. The van der Waals surface area contributed by atoms with Gasteiger partial charge < -0.3 is 15.6 Å². The number of nitrogens with zero attached hydrogens (tertiary/aromatic N) is 2. The molecule has 2 heterocycles. The Morgan fingerprint density at radius 3 is 2.68 bits per heavy atom. The molecule has 1 aromatic carbocycles. The Morgan fingerprint density at radius 1 is 1.28 bits per heavy atom. The van der Waals surface area contributed by atoms with E-state index in [0.717, 1.165) is 11.3 Å². The molecule has 3 aromatic rings. The smallest absolute Gasteiger partial charge is 0.259 e. The molecule has 3 N–H and O–H groups in total. The molecule has 0 fully saturated rings. The topological polar surface area (TPSA) is 94.0 Å². The van der Waals surface area contributed by atoms with E-state index in [1.807, 2.05) is 51.1 Å². The number of fused-ring (bicyclic) bond motifs is 1. The summed E-state index contributed by atoms with van der Waals surface area (Å²) in [5, 5.41) is 7.66. The third-order valence-corrected chi connectivity index (χ3v) is 4.10. The molecule has 0 radical (unpaired) electrons. The van der Waals surface area contributed by atoms with Crippen LogP contribution in [0.25, 0.3) is 11.1 Å². The van der Waals surface area contributed by atoms with Crippen molar-refractivity contribution in [2.45, 2.75) is 32.7 Å². The SMILES string of the molecule is Cc1cc(C(=O)NCC(N)c2ccccc2)c2c(C(C)C)noc2n1. The van der Waals surface area contributed by atoms with Crippen LogP contribution < -0.4 is 11.1 Å². The highest BCUT2D eigenvalue weighted by Gasteiger charge is 2.21. The lowest BCUT2D eigenvalue weighted by Gasteiger charge is -2.14. The van der Waals surface area contributed by atoms with Crippen LogP contribution in [-0.4, -0.2) is 22.6 Å². The minimum atomic E-state index is -0.268. The highest BCUT2D eigenvalue weighted by molar-refractivity contribution is 6.06. The van der Waals surface area contributed by atoms with Crippen LogP contribution >= 0.6 is 0 Å². The van der Waals surface area contributed by atoms with Crippen molar-refractivity contribution in [1.82, 2.24) is 15.5 Å². The molecule has 130 valence electrons. The number of pyridine rings is 1. The van der Waals surface area contributed by atoms with Crippen LogP contribution in [-0.2, 0) is 0 Å². The molecule has 0 aliphatic heterocycles. The second kappa shape index (κ2) is 7.03. The Balaban J connectivity index is 1.85. The third-order valence-electron chi connectivity index (χ3n) is 4.10. The highest BCUT2D eigenvalue weighted by atomic mass is 16.5. The van der Waals surface area contributed by atoms with Gasteiger partial charge in [0.1, 0.15) is 0 Å². The summed E-state index contributed by atoms with van der Waals surface area (Å²) in [6.07, 6.45) is 0. The van der Waals surface area contributed by atoms with Crippen LogP contribution in [0.1, 0.15) is 53.1 Å². The molecule has 25 heavy (non-hydrogen) atoms. The largest absolute Gasteiger partial charge is 0.350 e. The molecule has 0 spiro atoms.